The predicted octanol–water partition coefficient (Wildman–Crippen LogP) is 5.97. The molecule has 0 saturated heterocycles. The summed E-state index contributed by atoms with van der Waals surface area (Å²) in [6.45, 7) is 0.545. The van der Waals surface area contributed by atoms with Gasteiger partial charge in [0.1, 0.15) is 12.4 Å². The molecule has 0 heterocycles. The van der Waals surface area contributed by atoms with Crippen LogP contribution in [0.15, 0.2) is 60.7 Å². The highest BCUT2D eigenvalue weighted by Gasteiger charge is 2.06. The van der Waals surface area contributed by atoms with Crippen molar-refractivity contribution in [2.45, 2.75) is 11.9 Å². The van der Waals surface area contributed by atoms with Gasteiger partial charge in [0.25, 0.3) is 0 Å². The van der Waals surface area contributed by atoms with Crippen molar-refractivity contribution in [3.05, 3.63) is 76.8 Å². The van der Waals surface area contributed by atoms with E-state index in [0.717, 1.165) is 21.7 Å². The first kappa shape index (κ1) is 14.4. The third-order valence-corrected chi connectivity index (χ3v) is 4.27. The van der Waals surface area contributed by atoms with E-state index < -0.39 is 0 Å². The number of fused-ring (bicyclic) bond motifs is 1. The maximum atomic E-state index is 6.01. The van der Waals surface area contributed by atoms with E-state index in [-0.39, 0.29) is 0 Å². The van der Waals surface area contributed by atoms with Crippen molar-refractivity contribution in [2.75, 3.05) is 0 Å². The lowest BCUT2D eigenvalue weighted by molar-refractivity contribution is 0.305. The molecule has 0 aliphatic carbocycles. The average Bonchev–Trinajstić information content (AvgIpc) is 2.53. The molecule has 3 rings (SSSR count). The van der Waals surface area contributed by atoms with Gasteiger partial charge in [0.05, 0.1) is 0 Å². The first-order valence-corrected chi connectivity index (χ1v) is 8.21. The molecule has 0 spiro atoms. The summed E-state index contributed by atoms with van der Waals surface area (Å²) in [5.41, 5.74) is 2.24. The minimum atomic E-state index is 0.545. The minimum Gasteiger partial charge on any atom is -0.489 e. The Kier molecular flexibility index (Phi) is 4.47. The van der Waals surface area contributed by atoms with Gasteiger partial charge in [-0.05, 0) is 34.5 Å². The van der Waals surface area contributed by atoms with Gasteiger partial charge in [-0.1, -0.05) is 70.0 Å². The molecule has 0 saturated carbocycles. The molecule has 0 bridgehead atoms. The molecule has 3 aromatic rings. The molecule has 1 nitrogen and oxygen atoms in total. The van der Waals surface area contributed by atoms with Crippen molar-refractivity contribution in [1.82, 2.24) is 0 Å². The molecule has 0 aliphatic heterocycles. The maximum absolute atomic E-state index is 6.01. The Hall–Kier alpha value is -1.51. The van der Waals surface area contributed by atoms with Crippen molar-refractivity contribution in [3.63, 3.8) is 0 Å². The summed E-state index contributed by atoms with van der Waals surface area (Å²) in [4.78, 5) is 0. The zero-order valence-electron chi connectivity index (χ0n) is 11.4. The molecule has 0 amide bonds. The molecule has 0 fully saturated rings. The quantitative estimate of drug-likeness (QED) is 0.520. The molecule has 0 aromatic heterocycles. The second-order valence-electron chi connectivity index (χ2n) is 4.81. The van der Waals surface area contributed by atoms with Gasteiger partial charge in [-0.25, -0.2) is 0 Å². The van der Waals surface area contributed by atoms with Crippen molar-refractivity contribution in [1.29, 1.82) is 0 Å². The van der Waals surface area contributed by atoms with Gasteiger partial charge in [0.15, 0.2) is 0 Å². The standard InChI is InChI=1S/C18H14BrClO/c19-11-15-10-16(20)8-9-18(15)21-12-14-6-3-5-13-4-1-2-7-17(13)14/h1-10H,11-12H2. The molecule has 21 heavy (non-hydrogen) atoms. The van der Waals surface area contributed by atoms with E-state index in [4.69, 9.17) is 16.3 Å². The average molecular weight is 362 g/mol. The van der Waals surface area contributed by atoms with E-state index in [2.05, 4.69) is 58.4 Å². The van der Waals surface area contributed by atoms with E-state index in [9.17, 15) is 0 Å². The summed E-state index contributed by atoms with van der Waals surface area (Å²) in [5, 5.41) is 3.91. The topological polar surface area (TPSA) is 9.23 Å². The summed E-state index contributed by atoms with van der Waals surface area (Å²) >= 11 is 9.48. The van der Waals surface area contributed by atoms with Crippen LogP contribution in [-0.2, 0) is 11.9 Å². The van der Waals surface area contributed by atoms with Crippen LogP contribution < -0.4 is 4.74 Å². The van der Waals surface area contributed by atoms with Gasteiger partial charge < -0.3 is 4.74 Å². The van der Waals surface area contributed by atoms with Crippen LogP contribution in [0, 0.1) is 0 Å². The largest absolute Gasteiger partial charge is 0.489 e. The number of benzene rings is 3. The van der Waals surface area contributed by atoms with Gasteiger partial charge in [-0.3, -0.25) is 0 Å². The van der Waals surface area contributed by atoms with E-state index in [1.807, 2.05) is 18.2 Å². The summed E-state index contributed by atoms with van der Waals surface area (Å²) in [5.74, 6) is 0.865. The zero-order valence-corrected chi connectivity index (χ0v) is 13.7. The van der Waals surface area contributed by atoms with Crippen LogP contribution >= 0.6 is 27.5 Å². The monoisotopic (exact) mass is 360 g/mol. The molecule has 106 valence electrons. The Morgan fingerprint density at radius 1 is 0.905 bits per heavy atom. The lowest BCUT2D eigenvalue weighted by Crippen LogP contribution is -1.98. The first-order valence-electron chi connectivity index (χ1n) is 6.72. The summed E-state index contributed by atoms with van der Waals surface area (Å²) in [6, 6.07) is 20.3. The highest BCUT2D eigenvalue weighted by molar-refractivity contribution is 9.08. The fourth-order valence-corrected chi connectivity index (χ4v) is 3.00. The summed E-state index contributed by atoms with van der Waals surface area (Å²) < 4.78 is 5.99. The van der Waals surface area contributed by atoms with E-state index >= 15 is 0 Å². The van der Waals surface area contributed by atoms with Gasteiger partial charge in [0, 0.05) is 15.9 Å². The lowest BCUT2D eigenvalue weighted by atomic mass is 10.1. The molecule has 0 radical (unpaired) electrons. The first-order chi connectivity index (χ1) is 10.3. The van der Waals surface area contributed by atoms with E-state index in [1.165, 1.54) is 16.3 Å². The van der Waals surface area contributed by atoms with Crippen molar-refractivity contribution in [2.24, 2.45) is 0 Å². The van der Waals surface area contributed by atoms with Gasteiger partial charge >= 0.3 is 0 Å². The molecule has 0 unspecified atom stereocenters. The van der Waals surface area contributed by atoms with Gasteiger partial charge in [-0.2, -0.15) is 0 Å². The molecular weight excluding hydrogens is 348 g/mol. The molecule has 0 aliphatic rings. The third-order valence-electron chi connectivity index (χ3n) is 3.43. The lowest BCUT2D eigenvalue weighted by Gasteiger charge is -2.12. The number of rotatable bonds is 4. The zero-order chi connectivity index (χ0) is 14.7. The Bertz CT molecular complexity index is 765. The third kappa shape index (κ3) is 3.22. The van der Waals surface area contributed by atoms with Crippen LogP contribution in [0.4, 0.5) is 0 Å². The predicted molar refractivity (Wildman–Crippen MR) is 92.4 cm³/mol. The molecule has 0 atom stereocenters. The fraction of sp³-hybridized carbons (Fsp3) is 0.111. The van der Waals surface area contributed by atoms with Crippen LogP contribution in [0.3, 0.4) is 0 Å². The van der Waals surface area contributed by atoms with Crippen LogP contribution in [0.1, 0.15) is 11.1 Å². The molecular formula is C18H14BrClO. The number of halogens is 2. The number of alkyl halides is 1. The van der Waals surface area contributed by atoms with Crippen LogP contribution in [0.25, 0.3) is 10.8 Å². The summed E-state index contributed by atoms with van der Waals surface area (Å²) in [7, 11) is 0. The minimum absolute atomic E-state index is 0.545. The number of hydrogen-bond acceptors (Lipinski definition) is 1. The second kappa shape index (κ2) is 6.50. The van der Waals surface area contributed by atoms with Crippen LogP contribution in [-0.4, -0.2) is 0 Å². The number of hydrogen-bond donors (Lipinski definition) is 0. The highest BCUT2D eigenvalue weighted by atomic mass is 79.9. The fourth-order valence-electron chi connectivity index (χ4n) is 2.37. The van der Waals surface area contributed by atoms with Crippen LogP contribution in [0.5, 0.6) is 5.75 Å². The normalized spacial score (nSPS) is 10.8. The number of ether oxygens (including phenoxy) is 1. The van der Waals surface area contributed by atoms with Crippen molar-refractivity contribution >= 4 is 38.3 Å². The molecule has 3 heteroatoms. The smallest absolute Gasteiger partial charge is 0.123 e. The van der Waals surface area contributed by atoms with E-state index in [1.54, 1.807) is 0 Å². The summed E-state index contributed by atoms with van der Waals surface area (Å²) in [6.07, 6.45) is 0. The SMILES string of the molecule is Clc1ccc(OCc2cccc3ccccc23)c(CBr)c1. The Morgan fingerprint density at radius 3 is 2.57 bits per heavy atom. The Labute approximate surface area is 137 Å². The van der Waals surface area contributed by atoms with E-state index in [0.29, 0.717) is 6.61 Å². The van der Waals surface area contributed by atoms with Crippen molar-refractivity contribution in [3.8, 4) is 5.75 Å². The molecule has 3 aromatic carbocycles. The molecule has 0 N–H and O–H groups in total. The van der Waals surface area contributed by atoms with Crippen molar-refractivity contribution < 1.29 is 4.74 Å². The van der Waals surface area contributed by atoms with Crippen LogP contribution in [0.2, 0.25) is 5.02 Å². The Balaban J connectivity index is 1.87. The second-order valence-corrected chi connectivity index (χ2v) is 5.81. The maximum Gasteiger partial charge on any atom is 0.123 e. The van der Waals surface area contributed by atoms with Gasteiger partial charge in [0.2, 0.25) is 0 Å². The van der Waals surface area contributed by atoms with Gasteiger partial charge in [-0.15, -0.1) is 0 Å². The highest BCUT2D eigenvalue weighted by Crippen LogP contribution is 2.27. The Morgan fingerprint density at radius 2 is 1.71 bits per heavy atom.